The third-order valence-electron chi connectivity index (χ3n) is 0.441. The molecule has 0 nitrogen and oxygen atoms in total. The standard InChI is InChI=1S/C4H6BrI/c1-2-4(6)3-5/h2H,3H2,1H3. The lowest BCUT2D eigenvalue weighted by Crippen LogP contribution is -1.63. The van der Waals surface area contributed by atoms with Crippen LogP contribution in [0, 0.1) is 0 Å². The first-order chi connectivity index (χ1) is 2.81. The molecule has 0 bridgehead atoms. The molecule has 0 spiro atoms. The normalized spacial score (nSPS) is 12.2. The zero-order chi connectivity index (χ0) is 4.99. The highest BCUT2D eigenvalue weighted by Gasteiger charge is 1.77. The van der Waals surface area contributed by atoms with Gasteiger partial charge in [-0.15, -0.1) is 0 Å². The van der Waals surface area contributed by atoms with Crippen molar-refractivity contribution in [1.29, 1.82) is 0 Å². The zero-order valence-corrected chi connectivity index (χ0v) is 7.28. The molecule has 36 valence electrons. The van der Waals surface area contributed by atoms with Crippen LogP contribution in [0.5, 0.6) is 0 Å². The minimum Gasteiger partial charge on any atom is -0.0871 e. The van der Waals surface area contributed by atoms with Crippen LogP contribution in [0.15, 0.2) is 9.66 Å². The lowest BCUT2D eigenvalue weighted by Gasteiger charge is -1.80. The van der Waals surface area contributed by atoms with E-state index in [2.05, 4.69) is 44.6 Å². The second kappa shape index (κ2) is 4.12. The molecule has 0 unspecified atom stereocenters. The zero-order valence-electron chi connectivity index (χ0n) is 3.54. The van der Waals surface area contributed by atoms with E-state index in [1.165, 1.54) is 3.58 Å². The van der Waals surface area contributed by atoms with E-state index in [-0.39, 0.29) is 0 Å². The number of hydrogen-bond acceptors (Lipinski definition) is 0. The summed E-state index contributed by atoms with van der Waals surface area (Å²) in [5.74, 6) is 0. The average molecular weight is 261 g/mol. The predicted molar refractivity (Wildman–Crippen MR) is 41.6 cm³/mol. The van der Waals surface area contributed by atoms with Gasteiger partial charge in [0, 0.05) is 5.33 Å². The molecule has 0 N–H and O–H groups in total. The number of hydrogen-bond donors (Lipinski definition) is 0. The molecule has 0 radical (unpaired) electrons. The predicted octanol–water partition coefficient (Wildman–Crippen LogP) is 2.72. The van der Waals surface area contributed by atoms with E-state index in [1.807, 2.05) is 6.92 Å². The van der Waals surface area contributed by atoms with Crippen LogP contribution in [0.25, 0.3) is 0 Å². The number of allylic oxidation sites excluding steroid dienone is 2. The van der Waals surface area contributed by atoms with Gasteiger partial charge in [0.2, 0.25) is 0 Å². The smallest absolute Gasteiger partial charge is 0.0337 e. The summed E-state index contributed by atoms with van der Waals surface area (Å²) in [5, 5.41) is 0.990. The van der Waals surface area contributed by atoms with Crippen molar-refractivity contribution in [3.05, 3.63) is 9.66 Å². The highest BCUT2D eigenvalue weighted by molar-refractivity contribution is 14.1. The summed E-state index contributed by atoms with van der Waals surface area (Å²) in [4.78, 5) is 0. The second-order valence-corrected chi connectivity index (χ2v) is 2.82. The van der Waals surface area contributed by atoms with Gasteiger partial charge in [0.05, 0.1) is 0 Å². The number of rotatable bonds is 1. The molecule has 0 fully saturated rings. The lowest BCUT2D eigenvalue weighted by molar-refractivity contribution is 1.66. The van der Waals surface area contributed by atoms with Gasteiger partial charge in [-0.05, 0) is 33.1 Å². The summed E-state index contributed by atoms with van der Waals surface area (Å²) in [6.07, 6.45) is 2.08. The molecule has 0 aliphatic heterocycles. The summed E-state index contributed by atoms with van der Waals surface area (Å²) < 4.78 is 1.35. The van der Waals surface area contributed by atoms with Gasteiger partial charge in [0.1, 0.15) is 0 Å². The van der Waals surface area contributed by atoms with Gasteiger partial charge >= 0.3 is 0 Å². The molecule has 0 rings (SSSR count). The fourth-order valence-corrected chi connectivity index (χ4v) is 0.401. The third kappa shape index (κ3) is 3.15. The summed E-state index contributed by atoms with van der Waals surface area (Å²) >= 11 is 5.58. The van der Waals surface area contributed by atoms with Gasteiger partial charge < -0.3 is 0 Å². The van der Waals surface area contributed by atoms with Crippen LogP contribution in [-0.2, 0) is 0 Å². The van der Waals surface area contributed by atoms with E-state index < -0.39 is 0 Å². The Morgan fingerprint density at radius 1 is 2.00 bits per heavy atom. The summed E-state index contributed by atoms with van der Waals surface area (Å²) in [5.41, 5.74) is 0. The Morgan fingerprint density at radius 3 is 2.50 bits per heavy atom. The molecule has 0 aliphatic rings. The fourth-order valence-electron chi connectivity index (χ4n) is 0.0772. The first-order valence-corrected chi connectivity index (χ1v) is 3.88. The van der Waals surface area contributed by atoms with Crippen LogP contribution >= 0.6 is 38.5 Å². The Bertz CT molecular complexity index is 58.6. The topological polar surface area (TPSA) is 0 Å². The monoisotopic (exact) mass is 260 g/mol. The fraction of sp³-hybridized carbons (Fsp3) is 0.500. The van der Waals surface area contributed by atoms with E-state index in [1.54, 1.807) is 0 Å². The SMILES string of the molecule is CC=C(I)CBr. The maximum Gasteiger partial charge on any atom is 0.0337 e. The van der Waals surface area contributed by atoms with Crippen LogP contribution in [0.4, 0.5) is 0 Å². The first-order valence-electron chi connectivity index (χ1n) is 1.68. The van der Waals surface area contributed by atoms with Crippen molar-refractivity contribution in [2.24, 2.45) is 0 Å². The summed E-state index contributed by atoms with van der Waals surface area (Å²) in [7, 11) is 0. The molecule has 0 aromatic heterocycles. The highest BCUT2D eigenvalue weighted by atomic mass is 127. The molecule has 6 heavy (non-hydrogen) atoms. The average Bonchev–Trinajstić information content (AvgIpc) is 1.65. The van der Waals surface area contributed by atoms with Gasteiger partial charge in [-0.25, -0.2) is 0 Å². The van der Waals surface area contributed by atoms with Gasteiger partial charge in [-0.2, -0.15) is 0 Å². The van der Waals surface area contributed by atoms with Crippen molar-refractivity contribution in [1.82, 2.24) is 0 Å². The third-order valence-corrected chi connectivity index (χ3v) is 3.10. The molecular weight excluding hydrogens is 255 g/mol. The molecule has 2 heteroatoms. The van der Waals surface area contributed by atoms with Gasteiger partial charge in [-0.1, -0.05) is 22.0 Å². The van der Waals surface area contributed by atoms with Crippen LogP contribution in [0.3, 0.4) is 0 Å². The van der Waals surface area contributed by atoms with Gasteiger partial charge in [-0.3, -0.25) is 0 Å². The molecule has 0 atom stereocenters. The van der Waals surface area contributed by atoms with Gasteiger partial charge in [0.25, 0.3) is 0 Å². The van der Waals surface area contributed by atoms with E-state index in [0.717, 1.165) is 5.33 Å². The largest absolute Gasteiger partial charge is 0.0871 e. The molecule has 0 amide bonds. The van der Waals surface area contributed by atoms with Crippen molar-refractivity contribution < 1.29 is 0 Å². The molecule has 0 saturated heterocycles. The number of alkyl halides is 1. The lowest BCUT2D eigenvalue weighted by atomic mass is 10.6. The van der Waals surface area contributed by atoms with Crippen molar-refractivity contribution in [2.45, 2.75) is 6.92 Å². The molecule has 0 aliphatic carbocycles. The summed E-state index contributed by atoms with van der Waals surface area (Å²) in [6.45, 7) is 2.03. The quantitative estimate of drug-likeness (QED) is 0.502. The molecule has 0 aromatic rings. The molecular formula is C4H6BrI. The van der Waals surface area contributed by atoms with Crippen molar-refractivity contribution in [3.63, 3.8) is 0 Å². The van der Waals surface area contributed by atoms with Crippen molar-refractivity contribution in [3.8, 4) is 0 Å². The van der Waals surface area contributed by atoms with Crippen molar-refractivity contribution >= 4 is 38.5 Å². The van der Waals surface area contributed by atoms with Crippen molar-refractivity contribution in [2.75, 3.05) is 5.33 Å². The van der Waals surface area contributed by atoms with Crippen LogP contribution in [0.2, 0.25) is 0 Å². The van der Waals surface area contributed by atoms with E-state index >= 15 is 0 Å². The minimum atomic E-state index is 0.990. The van der Waals surface area contributed by atoms with E-state index in [4.69, 9.17) is 0 Å². The number of halogens is 2. The maximum absolute atomic E-state index is 3.30. The Morgan fingerprint density at radius 2 is 2.50 bits per heavy atom. The Hall–Kier alpha value is 0.950. The van der Waals surface area contributed by atoms with Crippen LogP contribution in [0.1, 0.15) is 6.92 Å². The Balaban J connectivity index is 3.22. The summed E-state index contributed by atoms with van der Waals surface area (Å²) in [6, 6.07) is 0. The Kier molecular flexibility index (Phi) is 4.77. The van der Waals surface area contributed by atoms with E-state index in [0.29, 0.717) is 0 Å². The Labute approximate surface area is 60.3 Å². The molecule has 0 aromatic carbocycles. The van der Waals surface area contributed by atoms with E-state index in [9.17, 15) is 0 Å². The molecule has 0 heterocycles. The highest BCUT2D eigenvalue weighted by Crippen LogP contribution is 2.06. The second-order valence-electron chi connectivity index (χ2n) is 0.869. The maximum atomic E-state index is 3.30. The first kappa shape index (κ1) is 6.95. The van der Waals surface area contributed by atoms with Crippen LogP contribution in [-0.4, -0.2) is 5.33 Å². The molecule has 0 saturated carbocycles. The van der Waals surface area contributed by atoms with Gasteiger partial charge in [0.15, 0.2) is 0 Å². The van der Waals surface area contributed by atoms with Crippen LogP contribution < -0.4 is 0 Å². The minimum absolute atomic E-state index is 0.990.